The van der Waals surface area contributed by atoms with E-state index in [-0.39, 0.29) is 24.1 Å². The van der Waals surface area contributed by atoms with Crippen LogP contribution in [-0.2, 0) is 16.0 Å². The van der Waals surface area contributed by atoms with Crippen LogP contribution < -0.4 is 0 Å². The number of carbonyl (C=O) groups excluding carboxylic acids is 1. The van der Waals surface area contributed by atoms with Crippen LogP contribution in [0.15, 0.2) is 84.9 Å². The lowest BCUT2D eigenvalue weighted by Gasteiger charge is -2.49. The van der Waals surface area contributed by atoms with Gasteiger partial charge in [0.05, 0.1) is 19.2 Å². The Morgan fingerprint density at radius 2 is 1.47 bits per heavy atom. The molecule has 1 aliphatic heterocycles. The third-order valence-corrected chi connectivity index (χ3v) is 8.32. The minimum atomic E-state index is -0.362. The summed E-state index contributed by atoms with van der Waals surface area (Å²) in [6.07, 6.45) is 6.79. The van der Waals surface area contributed by atoms with Crippen molar-refractivity contribution in [2.45, 2.75) is 56.7 Å². The monoisotopic (exact) mass is 478 g/mol. The Balaban J connectivity index is 1.60. The molecule has 0 bridgehead atoms. The fourth-order valence-electron chi connectivity index (χ4n) is 6.75. The van der Waals surface area contributed by atoms with Gasteiger partial charge >= 0.3 is 5.97 Å². The summed E-state index contributed by atoms with van der Waals surface area (Å²) >= 11 is 0. The number of aromatic nitrogens is 1. The maximum absolute atomic E-state index is 13.6. The van der Waals surface area contributed by atoms with E-state index >= 15 is 0 Å². The highest BCUT2D eigenvalue weighted by Crippen LogP contribution is 2.50. The number of methoxy groups -OCH3 is 1. The molecule has 0 saturated heterocycles. The second kappa shape index (κ2) is 9.94. The second-order valence-corrected chi connectivity index (χ2v) is 10.3. The van der Waals surface area contributed by atoms with Gasteiger partial charge in [-0.15, -0.1) is 0 Å². The first-order valence-corrected chi connectivity index (χ1v) is 13.3. The molecule has 4 nitrogen and oxygen atoms in total. The number of hydrogen-bond donors (Lipinski definition) is 1. The van der Waals surface area contributed by atoms with Gasteiger partial charge in [-0.25, -0.2) is 0 Å². The molecule has 0 unspecified atom stereocenters. The fourth-order valence-corrected chi connectivity index (χ4v) is 6.75. The normalized spacial score (nSPS) is 20.9. The van der Waals surface area contributed by atoms with Crippen LogP contribution in [-0.4, -0.2) is 29.0 Å². The highest BCUT2D eigenvalue weighted by atomic mass is 16.5. The number of rotatable bonds is 5. The Bertz CT molecular complexity index is 1280. The maximum atomic E-state index is 13.6. The summed E-state index contributed by atoms with van der Waals surface area (Å²) in [6.45, 7) is 0. The van der Waals surface area contributed by atoms with Crippen LogP contribution in [0, 0.1) is 5.92 Å². The Morgan fingerprint density at radius 1 is 0.861 bits per heavy atom. The Kier molecular flexibility index (Phi) is 6.37. The van der Waals surface area contributed by atoms with Crippen LogP contribution in [0.4, 0.5) is 0 Å². The number of benzene rings is 3. The molecule has 2 atom stereocenters. The van der Waals surface area contributed by atoms with Crippen LogP contribution in [0.5, 0.6) is 0 Å². The molecule has 1 fully saturated rings. The minimum Gasteiger partial charge on any atom is -0.468 e. The van der Waals surface area contributed by atoms with E-state index in [1.807, 2.05) is 0 Å². The molecule has 0 amide bonds. The predicted molar refractivity (Wildman–Crippen MR) is 144 cm³/mol. The highest BCUT2D eigenvalue weighted by molar-refractivity contribution is 5.87. The van der Waals surface area contributed by atoms with Crippen molar-refractivity contribution in [2.24, 2.45) is 5.92 Å². The molecule has 1 aliphatic carbocycles. The third kappa shape index (κ3) is 4.04. The van der Waals surface area contributed by atoms with Gasteiger partial charge in [0.2, 0.25) is 0 Å². The van der Waals surface area contributed by atoms with Crippen molar-refractivity contribution in [3.63, 3.8) is 0 Å². The van der Waals surface area contributed by atoms with Crippen molar-refractivity contribution in [3.05, 3.63) is 107 Å². The Morgan fingerprint density at radius 3 is 2.11 bits per heavy atom. The fraction of sp³-hybridized carbons (Fsp3) is 0.344. The predicted octanol–water partition coefficient (Wildman–Crippen LogP) is 6.98. The van der Waals surface area contributed by atoms with Gasteiger partial charge in [0.1, 0.15) is 6.04 Å². The molecule has 0 spiro atoms. The summed E-state index contributed by atoms with van der Waals surface area (Å²) in [5, 5.41) is 1.23. The van der Waals surface area contributed by atoms with Gasteiger partial charge in [-0.2, -0.15) is 0 Å². The smallest absolute Gasteiger partial charge is 0.323 e. The summed E-state index contributed by atoms with van der Waals surface area (Å²) in [4.78, 5) is 19.9. The number of nitrogens with one attached hydrogen (secondary N) is 1. The molecular weight excluding hydrogens is 444 g/mol. The first-order chi connectivity index (χ1) is 17.8. The summed E-state index contributed by atoms with van der Waals surface area (Å²) in [5.41, 5.74) is 6.15. The van der Waals surface area contributed by atoms with E-state index in [0.717, 1.165) is 5.52 Å². The van der Waals surface area contributed by atoms with Gasteiger partial charge in [0.25, 0.3) is 0 Å². The van der Waals surface area contributed by atoms with E-state index in [2.05, 4.69) is 94.8 Å². The third-order valence-electron chi connectivity index (χ3n) is 8.32. The van der Waals surface area contributed by atoms with Crippen LogP contribution in [0.2, 0.25) is 0 Å². The lowest BCUT2D eigenvalue weighted by molar-refractivity contribution is -0.150. The number of nitrogens with zero attached hydrogens (tertiary/aromatic N) is 1. The van der Waals surface area contributed by atoms with Crippen molar-refractivity contribution >= 4 is 16.9 Å². The number of ether oxygens (including phenoxy) is 1. The lowest BCUT2D eigenvalue weighted by Crippen LogP contribution is -2.52. The summed E-state index contributed by atoms with van der Waals surface area (Å²) < 4.78 is 5.49. The number of para-hydroxylation sites is 1. The zero-order valence-electron chi connectivity index (χ0n) is 20.9. The van der Waals surface area contributed by atoms with Crippen molar-refractivity contribution in [1.29, 1.82) is 0 Å². The summed E-state index contributed by atoms with van der Waals surface area (Å²) in [5.74, 6) is 0.330. The van der Waals surface area contributed by atoms with Crippen molar-refractivity contribution < 1.29 is 9.53 Å². The van der Waals surface area contributed by atoms with E-state index in [1.54, 1.807) is 0 Å². The zero-order chi connectivity index (χ0) is 24.5. The standard InChI is InChI=1S/C32H34N2O2/c1-36-32(35)28-21-26-25-19-11-12-20-27(25)33-29(26)31(24-17-9-4-10-18-24)34(28)30(22-13-5-2-6-14-22)23-15-7-3-8-16-23/h2-3,5-8,11-16,19-20,24,28,30-31,33H,4,9-10,17-18,21H2,1H3/t28-,31+/m1/s1. The van der Waals surface area contributed by atoms with Gasteiger partial charge in [-0.05, 0) is 41.5 Å². The number of aromatic amines is 1. The van der Waals surface area contributed by atoms with Gasteiger partial charge in [0, 0.05) is 23.0 Å². The van der Waals surface area contributed by atoms with Gasteiger partial charge in [-0.3, -0.25) is 9.69 Å². The average Bonchev–Trinajstić information content (AvgIpc) is 3.32. The molecule has 36 heavy (non-hydrogen) atoms. The van der Waals surface area contributed by atoms with Gasteiger partial charge in [-0.1, -0.05) is 98.1 Å². The molecule has 4 aromatic rings. The molecule has 3 aromatic carbocycles. The molecule has 2 heterocycles. The first-order valence-electron chi connectivity index (χ1n) is 13.3. The van der Waals surface area contributed by atoms with Crippen LogP contribution >= 0.6 is 0 Å². The minimum absolute atomic E-state index is 0.0528. The number of carbonyl (C=O) groups is 1. The van der Waals surface area contributed by atoms with E-state index in [9.17, 15) is 4.79 Å². The number of fused-ring (bicyclic) bond motifs is 3. The number of esters is 1. The summed E-state index contributed by atoms with van der Waals surface area (Å²) in [6, 6.07) is 29.6. The molecule has 1 aromatic heterocycles. The van der Waals surface area contributed by atoms with Crippen LogP contribution in [0.25, 0.3) is 10.9 Å². The molecule has 6 rings (SSSR count). The Hall–Kier alpha value is -3.37. The Labute approximate surface area is 213 Å². The maximum Gasteiger partial charge on any atom is 0.323 e. The number of H-pyrrole nitrogens is 1. The molecular formula is C32H34N2O2. The zero-order valence-corrected chi connectivity index (χ0v) is 20.9. The van der Waals surface area contributed by atoms with Crippen LogP contribution in [0.3, 0.4) is 0 Å². The molecule has 2 aliphatic rings. The first kappa shape index (κ1) is 23.1. The lowest BCUT2D eigenvalue weighted by atomic mass is 9.76. The van der Waals surface area contributed by atoms with E-state index in [0.29, 0.717) is 12.3 Å². The molecule has 0 radical (unpaired) electrons. The highest BCUT2D eigenvalue weighted by Gasteiger charge is 2.47. The van der Waals surface area contributed by atoms with E-state index in [4.69, 9.17) is 4.74 Å². The summed E-state index contributed by atoms with van der Waals surface area (Å²) in [7, 11) is 1.53. The van der Waals surface area contributed by atoms with Gasteiger partial charge < -0.3 is 9.72 Å². The van der Waals surface area contributed by atoms with Crippen LogP contribution in [0.1, 0.15) is 66.6 Å². The quantitative estimate of drug-likeness (QED) is 0.315. The molecule has 4 heteroatoms. The van der Waals surface area contributed by atoms with Crippen molar-refractivity contribution in [2.75, 3.05) is 7.11 Å². The second-order valence-electron chi connectivity index (χ2n) is 10.3. The van der Waals surface area contributed by atoms with Gasteiger partial charge in [0.15, 0.2) is 0 Å². The van der Waals surface area contributed by atoms with Crippen molar-refractivity contribution in [1.82, 2.24) is 9.88 Å². The largest absolute Gasteiger partial charge is 0.468 e. The van der Waals surface area contributed by atoms with Crippen molar-refractivity contribution in [3.8, 4) is 0 Å². The van der Waals surface area contributed by atoms with E-state index < -0.39 is 0 Å². The van der Waals surface area contributed by atoms with E-state index in [1.165, 1.54) is 67.0 Å². The topological polar surface area (TPSA) is 45.3 Å². The molecule has 1 N–H and O–H groups in total. The SMILES string of the molecule is COC(=O)[C@H]1Cc2c([nH]c3ccccc23)[C@H](C2CCCCC2)N1C(c1ccccc1)c1ccccc1. The molecule has 184 valence electrons. The average molecular weight is 479 g/mol. The number of hydrogen-bond acceptors (Lipinski definition) is 3. The molecule has 1 saturated carbocycles.